The molecule has 0 aromatic carbocycles. The van der Waals surface area contributed by atoms with E-state index in [1.165, 1.54) is 16.2 Å². The van der Waals surface area contributed by atoms with Gasteiger partial charge in [0, 0.05) is 123 Å². The lowest BCUT2D eigenvalue weighted by Crippen LogP contribution is -2.40. The fourth-order valence-electron chi connectivity index (χ4n) is 13.3. The summed E-state index contributed by atoms with van der Waals surface area (Å²) in [6.07, 6.45) is 8.34. The first-order valence-corrected chi connectivity index (χ1v) is 46.1. The molecule has 7 aliphatic rings. The third kappa shape index (κ3) is 25.7. The minimum absolute atomic E-state index is 0.0500. The summed E-state index contributed by atoms with van der Waals surface area (Å²) < 4.78 is 94.6. The lowest BCUT2D eigenvalue weighted by atomic mass is 9.82. The highest BCUT2D eigenvalue weighted by atomic mass is 32.2. The Morgan fingerprint density at radius 2 is 0.700 bits per heavy atom. The largest absolute Gasteiger partial charge is 0.465 e. The van der Waals surface area contributed by atoms with E-state index in [1.54, 1.807) is 124 Å². The van der Waals surface area contributed by atoms with E-state index in [-0.39, 0.29) is 53.2 Å². The minimum atomic E-state index is -3.01. The third-order valence-corrected chi connectivity index (χ3v) is 28.5. The number of rotatable bonds is 21. The van der Waals surface area contributed by atoms with Crippen LogP contribution >= 0.6 is 68.0 Å². The van der Waals surface area contributed by atoms with Crippen molar-refractivity contribution in [1.29, 1.82) is 0 Å². The van der Waals surface area contributed by atoms with Gasteiger partial charge in [0.25, 0.3) is 0 Å². The van der Waals surface area contributed by atoms with Crippen molar-refractivity contribution in [3.05, 3.63) is 243 Å². The molecule has 1 saturated carbocycles. The van der Waals surface area contributed by atoms with E-state index in [9.17, 15) is 46.8 Å². The normalized spacial score (nSPS) is 22.5. The number of esters is 7. The Hall–Kier alpha value is -8.63. The Labute approximate surface area is 726 Å². The van der Waals surface area contributed by atoms with Gasteiger partial charge < -0.3 is 61.3 Å². The molecular formula is C90H108O23S7. The molecule has 1 aliphatic carbocycles. The summed E-state index contributed by atoms with van der Waals surface area (Å²) in [5.74, 6) is -1.65. The second kappa shape index (κ2) is 43.9. The Bertz CT molecular complexity index is 4680. The summed E-state index contributed by atoms with van der Waals surface area (Å²) in [5.41, 5.74) is -1.77. The maximum absolute atomic E-state index is 11.8. The van der Waals surface area contributed by atoms with Crippen LogP contribution in [0.3, 0.4) is 0 Å². The van der Waals surface area contributed by atoms with Crippen LogP contribution in [-0.2, 0) is 144 Å². The van der Waals surface area contributed by atoms with Gasteiger partial charge in [-0.15, -0.1) is 68.0 Å². The molecule has 6 saturated heterocycles. The predicted octanol–water partition coefficient (Wildman–Crippen LogP) is 18.5. The lowest BCUT2D eigenvalue weighted by Gasteiger charge is -2.35. The molecule has 7 fully saturated rings. The number of ether oxygens (including phenoxy) is 12. The van der Waals surface area contributed by atoms with Crippen LogP contribution in [0.1, 0.15) is 172 Å². The first-order valence-electron chi connectivity index (χ1n) is 39.1. The molecule has 0 spiro atoms. The van der Waals surface area contributed by atoms with Crippen molar-refractivity contribution in [2.45, 2.75) is 185 Å². The molecule has 5 atom stereocenters. The van der Waals surface area contributed by atoms with Crippen molar-refractivity contribution in [2.24, 2.45) is 0 Å². The molecule has 0 amide bonds. The molecule has 648 valence electrons. The standard InChI is InChI=1S/C14H16O3S.C13H16O4S2.3C13H16O3S.C12H14O4.C12H14O3S/c1-10(2)13(16)17-14(12-4-3-9-18-12)7-5-11(15)6-8-14;1-10(2)12(14)17-13(11-4-3-7-18-11)5-8-19(15,16)9-6-13;1-9(2)12(14)16-13(6-7-15-8-13)11-5-4-10(3)17-11;1-9(2)12(14)16-13(6-7-15-10(13)3)11-5-4-8-17-11;1-10(2)12(14)16-13(5-7-15-8-6-13)11-4-3-9-17-11;1-9(2)11(13)16-12(5-7-14-8-12)10-4-3-6-15-10;1-9(2)11(13)15-12(5-6-14-8-12)10-4-3-7-16-10/h3-4,9H,1,5-8H2,2H3;3-4,7H,1,5-6,8-9H2,2H3;4-5H,1,6-8H2,2-3H3;4-5,8,10H,1,6-7H2,2-3H3;3-4,9H,1,5-8H2,2H3;3-4,6H,1,5,7-8H2,2H3;3-4,7H,1,5-6,8H2,2H3. The molecule has 7 aromatic heterocycles. The van der Waals surface area contributed by atoms with Crippen LogP contribution in [0.2, 0.25) is 0 Å². The minimum Gasteiger partial charge on any atom is -0.465 e. The van der Waals surface area contributed by atoms with Crippen LogP contribution in [0.5, 0.6) is 0 Å². The average Bonchev–Trinajstić information content (AvgIpc) is 1.48. The zero-order chi connectivity index (χ0) is 87.7. The van der Waals surface area contributed by atoms with E-state index in [0.29, 0.717) is 181 Å². The van der Waals surface area contributed by atoms with Gasteiger partial charge in [0.2, 0.25) is 0 Å². The Kier molecular flexibility index (Phi) is 35.4. The number of carbonyl (C=O) groups excluding carboxylic acids is 8. The molecule has 120 heavy (non-hydrogen) atoms. The highest BCUT2D eigenvalue weighted by Gasteiger charge is 2.50. The van der Waals surface area contributed by atoms with Crippen molar-refractivity contribution in [3.8, 4) is 0 Å². The van der Waals surface area contributed by atoms with Crippen molar-refractivity contribution in [3.63, 3.8) is 0 Å². The van der Waals surface area contributed by atoms with Gasteiger partial charge in [0.05, 0.1) is 98.0 Å². The molecule has 7 aromatic rings. The molecule has 23 nitrogen and oxygen atoms in total. The molecule has 0 N–H and O–H groups in total. The molecule has 14 rings (SSSR count). The van der Waals surface area contributed by atoms with Crippen molar-refractivity contribution in [1.82, 2.24) is 0 Å². The van der Waals surface area contributed by atoms with Gasteiger partial charge in [0.1, 0.15) is 22.7 Å². The van der Waals surface area contributed by atoms with E-state index >= 15 is 0 Å². The summed E-state index contributed by atoms with van der Waals surface area (Å²) >= 11 is 9.49. The molecule has 6 aliphatic heterocycles. The molecule has 13 heterocycles. The number of ketones is 1. The average molecular weight is 1780 g/mol. The number of hydrogen-bond acceptors (Lipinski definition) is 29. The van der Waals surface area contributed by atoms with Gasteiger partial charge in [-0.05, 0) is 157 Å². The number of Topliss-reactive ketones (excluding diaryl/α,β-unsaturated/α-hetero) is 1. The quantitative estimate of drug-likeness (QED) is 0.0367. The van der Waals surface area contributed by atoms with E-state index < -0.39 is 61.0 Å². The van der Waals surface area contributed by atoms with Crippen LogP contribution in [0.25, 0.3) is 0 Å². The van der Waals surface area contributed by atoms with Gasteiger partial charge in [-0.2, -0.15) is 0 Å². The predicted molar refractivity (Wildman–Crippen MR) is 465 cm³/mol. The summed E-state index contributed by atoms with van der Waals surface area (Å²) in [6, 6.07) is 27.1. The highest BCUT2D eigenvalue weighted by Crippen LogP contribution is 2.47. The maximum Gasteiger partial charge on any atom is 0.334 e. The Morgan fingerprint density at radius 1 is 0.375 bits per heavy atom. The zero-order valence-electron chi connectivity index (χ0n) is 69.6. The summed E-state index contributed by atoms with van der Waals surface area (Å²) in [4.78, 5) is 101. The van der Waals surface area contributed by atoms with E-state index in [2.05, 4.69) is 46.1 Å². The maximum atomic E-state index is 11.8. The van der Waals surface area contributed by atoms with Crippen LogP contribution in [0.4, 0.5) is 0 Å². The second-order valence-electron chi connectivity index (χ2n) is 30.3. The van der Waals surface area contributed by atoms with Crippen LogP contribution in [-0.4, -0.2) is 133 Å². The molecule has 30 heteroatoms. The summed E-state index contributed by atoms with van der Waals surface area (Å²) in [6.45, 7) is 45.6. The van der Waals surface area contributed by atoms with Crippen LogP contribution in [0, 0.1) is 6.92 Å². The topological polar surface area (TPSA) is 295 Å². The van der Waals surface area contributed by atoms with Crippen molar-refractivity contribution in [2.75, 3.05) is 71.0 Å². The lowest BCUT2D eigenvalue weighted by molar-refractivity contribution is -0.166. The van der Waals surface area contributed by atoms with Gasteiger partial charge in [-0.25, -0.2) is 42.0 Å². The van der Waals surface area contributed by atoms with Crippen LogP contribution in [0.15, 0.2) is 208 Å². The number of sulfone groups is 1. The number of thiophene rings is 6. The van der Waals surface area contributed by atoms with E-state index in [4.69, 9.17) is 61.3 Å². The summed E-state index contributed by atoms with van der Waals surface area (Å²) in [5, 5.41) is 9.82. The van der Waals surface area contributed by atoms with Crippen molar-refractivity contribution < 1.29 is 108 Å². The van der Waals surface area contributed by atoms with Crippen molar-refractivity contribution >= 4 is 125 Å². The van der Waals surface area contributed by atoms with Gasteiger partial charge in [-0.3, -0.25) is 4.79 Å². The number of hydrogen-bond donors (Lipinski definition) is 0. The molecule has 5 unspecified atom stereocenters. The zero-order valence-corrected chi connectivity index (χ0v) is 75.3. The van der Waals surface area contributed by atoms with E-state index in [1.807, 2.05) is 114 Å². The SMILES string of the molecule is C=C(C)C(=O)OC1(c2ccc(C)s2)CCOC1.C=C(C)C(=O)OC1(c2ccco2)CCOC1.C=C(C)C(=O)OC1(c2cccs2)CCC(=O)CC1.C=C(C)C(=O)OC1(c2cccs2)CCOC1.C=C(C)C(=O)OC1(c2cccs2)CCOC1C.C=C(C)C(=O)OC1(c2cccs2)CCOCC1.C=C(C)C(=O)OC1(c2cccs2)CCS(=O)(=O)CC1. The van der Waals surface area contributed by atoms with E-state index in [0.717, 1.165) is 29.3 Å². The smallest absolute Gasteiger partial charge is 0.334 e. The molecule has 0 bridgehead atoms. The van der Waals surface area contributed by atoms with Gasteiger partial charge in [-0.1, -0.05) is 76.4 Å². The molecule has 0 radical (unpaired) electrons. The van der Waals surface area contributed by atoms with Gasteiger partial charge in [0.15, 0.2) is 37.8 Å². The molecular weight excluding hydrogens is 1670 g/mol. The van der Waals surface area contributed by atoms with Gasteiger partial charge >= 0.3 is 41.8 Å². The fraction of sp³-hybridized carbons (Fsp3) is 0.444. The Morgan fingerprint density at radius 3 is 1.02 bits per heavy atom. The fourth-order valence-corrected chi connectivity index (χ4v) is 20.4. The number of aryl methyl sites for hydroxylation is 1. The first-order chi connectivity index (χ1) is 56.9. The first kappa shape index (κ1) is 96.8. The third-order valence-electron chi connectivity index (χ3n) is 20.4. The highest BCUT2D eigenvalue weighted by molar-refractivity contribution is 7.91. The number of furan rings is 1. The second-order valence-corrected chi connectivity index (χ2v) is 38.6. The van der Waals surface area contributed by atoms with Crippen LogP contribution < -0.4 is 0 Å². The summed E-state index contributed by atoms with van der Waals surface area (Å²) in [7, 11) is -3.01. The monoisotopic (exact) mass is 1780 g/mol. The number of carbonyl (C=O) groups is 8. The Balaban J connectivity index is 0.000000174.